The van der Waals surface area contributed by atoms with Crippen molar-refractivity contribution in [3.8, 4) is 5.75 Å². The number of ether oxygens (including phenoxy) is 2. The van der Waals surface area contributed by atoms with Crippen LogP contribution in [0.1, 0.15) is 23.8 Å². The number of amides is 1. The molecule has 0 spiro atoms. The largest absolute Gasteiger partial charge is 0.486 e. The molecule has 1 saturated heterocycles. The van der Waals surface area contributed by atoms with Gasteiger partial charge in [-0.05, 0) is 30.5 Å². The Balaban J connectivity index is 1.70. The molecule has 8 heteroatoms. The van der Waals surface area contributed by atoms with Crippen molar-refractivity contribution in [2.24, 2.45) is 0 Å². The molecule has 1 atom stereocenters. The second-order valence-corrected chi connectivity index (χ2v) is 7.46. The van der Waals surface area contributed by atoms with Crippen molar-refractivity contribution >= 4 is 28.8 Å². The molecule has 1 amide bonds. The summed E-state index contributed by atoms with van der Waals surface area (Å²) in [5.41, 5.74) is 2.81. The molecule has 2 aliphatic heterocycles. The van der Waals surface area contributed by atoms with Gasteiger partial charge in [0.15, 0.2) is 0 Å². The number of halogens is 1. The number of carboxylic acid groups (broad SMARTS) is 1. The molecule has 0 unspecified atom stereocenters. The summed E-state index contributed by atoms with van der Waals surface area (Å²) >= 11 is 1.51. The molecule has 0 aliphatic carbocycles. The van der Waals surface area contributed by atoms with Crippen molar-refractivity contribution in [2.45, 2.75) is 26.0 Å². The third-order valence-corrected chi connectivity index (χ3v) is 5.60. The Hall–Kier alpha value is -2.58. The third-order valence-electron chi connectivity index (χ3n) is 4.70. The Kier molecular flexibility index (Phi) is 4.75. The van der Waals surface area contributed by atoms with Crippen LogP contribution in [0.3, 0.4) is 0 Å². The SMILES string of the molecule is CC1=C(Nc2ccc(F)cc2O[C@H]2CCOC2)c2ccsc2CN1C(=O)O. The topological polar surface area (TPSA) is 71.0 Å². The van der Waals surface area contributed by atoms with E-state index < -0.39 is 11.9 Å². The average Bonchev–Trinajstić information content (AvgIpc) is 3.30. The standard InChI is InChI=1S/C19H19FN2O4S/c1-11-18(14-5-7-27-17(14)9-22(11)19(23)24)21-15-3-2-12(20)8-16(15)26-13-4-6-25-10-13/h2-3,5,7-8,13,21H,4,6,9-10H2,1H3,(H,23,24)/t13-/m0/s1. The first-order valence-electron chi connectivity index (χ1n) is 8.62. The Morgan fingerprint density at radius 2 is 2.30 bits per heavy atom. The van der Waals surface area contributed by atoms with Crippen LogP contribution in [0.4, 0.5) is 14.9 Å². The molecule has 1 fully saturated rings. The Bertz CT molecular complexity index is 905. The van der Waals surface area contributed by atoms with Crippen LogP contribution >= 0.6 is 11.3 Å². The molecule has 6 nitrogen and oxygen atoms in total. The molecule has 0 bridgehead atoms. The molecule has 2 N–H and O–H groups in total. The molecule has 3 heterocycles. The highest BCUT2D eigenvalue weighted by atomic mass is 32.1. The van der Waals surface area contributed by atoms with Crippen molar-refractivity contribution in [1.82, 2.24) is 4.90 Å². The summed E-state index contributed by atoms with van der Waals surface area (Å²) < 4.78 is 25.1. The minimum absolute atomic E-state index is 0.124. The van der Waals surface area contributed by atoms with E-state index in [1.165, 1.54) is 28.4 Å². The fourth-order valence-electron chi connectivity index (χ4n) is 3.26. The van der Waals surface area contributed by atoms with Crippen LogP contribution in [0.2, 0.25) is 0 Å². The number of carbonyl (C=O) groups is 1. The van der Waals surface area contributed by atoms with Crippen molar-refractivity contribution in [3.05, 3.63) is 51.6 Å². The van der Waals surface area contributed by atoms with Crippen molar-refractivity contribution in [2.75, 3.05) is 18.5 Å². The number of hydrogen-bond donors (Lipinski definition) is 2. The van der Waals surface area contributed by atoms with Gasteiger partial charge >= 0.3 is 6.09 Å². The van der Waals surface area contributed by atoms with E-state index in [2.05, 4.69) is 5.32 Å². The predicted molar refractivity (Wildman–Crippen MR) is 100 cm³/mol. The molecule has 0 radical (unpaired) electrons. The smallest absolute Gasteiger partial charge is 0.411 e. The van der Waals surface area contributed by atoms with Gasteiger partial charge in [0.05, 0.1) is 31.1 Å². The minimum Gasteiger partial charge on any atom is -0.486 e. The van der Waals surface area contributed by atoms with Crippen molar-refractivity contribution < 1.29 is 23.8 Å². The zero-order chi connectivity index (χ0) is 19.0. The van der Waals surface area contributed by atoms with E-state index in [1.807, 2.05) is 11.4 Å². The predicted octanol–water partition coefficient (Wildman–Crippen LogP) is 4.35. The lowest BCUT2D eigenvalue weighted by atomic mass is 10.1. The highest BCUT2D eigenvalue weighted by molar-refractivity contribution is 7.10. The van der Waals surface area contributed by atoms with Gasteiger partial charge in [0.2, 0.25) is 0 Å². The highest BCUT2D eigenvalue weighted by Crippen LogP contribution is 2.38. The van der Waals surface area contributed by atoms with E-state index in [4.69, 9.17) is 9.47 Å². The van der Waals surface area contributed by atoms with E-state index >= 15 is 0 Å². The average molecular weight is 390 g/mol. The fourth-order valence-corrected chi connectivity index (χ4v) is 4.13. The number of nitrogens with zero attached hydrogens (tertiary/aromatic N) is 1. The summed E-state index contributed by atoms with van der Waals surface area (Å²) in [7, 11) is 0. The summed E-state index contributed by atoms with van der Waals surface area (Å²) in [4.78, 5) is 13.9. The minimum atomic E-state index is -1.01. The molecule has 2 aliphatic rings. The molecule has 27 heavy (non-hydrogen) atoms. The summed E-state index contributed by atoms with van der Waals surface area (Å²) in [6.07, 6.45) is -0.385. The van der Waals surface area contributed by atoms with Gasteiger partial charge in [-0.1, -0.05) is 0 Å². The second-order valence-electron chi connectivity index (χ2n) is 6.46. The number of hydrogen-bond acceptors (Lipinski definition) is 5. The van der Waals surface area contributed by atoms with E-state index in [9.17, 15) is 14.3 Å². The monoisotopic (exact) mass is 390 g/mol. The molecular formula is C19H19FN2O4S. The Labute approximate surface area is 159 Å². The summed E-state index contributed by atoms with van der Waals surface area (Å²) in [6, 6.07) is 6.25. The lowest BCUT2D eigenvalue weighted by molar-refractivity contribution is 0.141. The quantitative estimate of drug-likeness (QED) is 0.812. The first kappa shape index (κ1) is 17.8. The van der Waals surface area contributed by atoms with E-state index in [1.54, 1.807) is 13.0 Å². The summed E-state index contributed by atoms with van der Waals surface area (Å²) in [5.74, 6) is -0.0118. The third kappa shape index (κ3) is 3.50. The van der Waals surface area contributed by atoms with E-state index in [0.717, 1.165) is 16.9 Å². The van der Waals surface area contributed by atoms with Gasteiger partial charge in [-0.15, -0.1) is 11.3 Å². The fraction of sp³-hybridized carbons (Fsp3) is 0.316. The number of benzene rings is 1. The highest BCUT2D eigenvalue weighted by Gasteiger charge is 2.28. The Morgan fingerprint density at radius 3 is 3.04 bits per heavy atom. The van der Waals surface area contributed by atoms with Crippen LogP contribution in [0, 0.1) is 5.82 Å². The molecule has 1 aromatic heterocycles. The van der Waals surface area contributed by atoms with E-state index in [0.29, 0.717) is 42.6 Å². The van der Waals surface area contributed by atoms with Crippen LogP contribution in [0.25, 0.3) is 5.70 Å². The summed E-state index contributed by atoms with van der Waals surface area (Å²) in [6.45, 7) is 3.18. The van der Waals surface area contributed by atoms with Gasteiger partial charge in [0.25, 0.3) is 0 Å². The maximum atomic E-state index is 13.8. The van der Waals surface area contributed by atoms with Crippen LogP contribution in [-0.2, 0) is 11.3 Å². The number of rotatable bonds is 4. The summed E-state index contributed by atoms with van der Waals surface area (Å²) in [5, 5.41) is 14.7. The number of anilines is 1. The molecule has 142 valence electrons. The first-order valence-corrected chi connectivity index (χ1v) is 9.50. The normalized spacial score (nSPS) is 19.2. The van der Waals surface area contributed by atoms with Gasteiger partial charge in [0, 0.05) is 28.6 Å². The lowest BCUT2D eigenvalue weighted by Crippen LogP contribution is -2.31. The zero-order valence-electron chi connectivity index (χ0n) is 14.7. The maximum absolute atomic E-state index is 13.8. The van der Waals surface area contributed by atoms with Crippen molar-refractivity contribution in [1.29, 1.82) is 0 Å². The van der Waals surface area contributed by atoms with Gasteiger partial charge in [-0.25, -0.2) is 9.18 Å². The van der Waals surface area contributed by atoms with Crippen LogP contribution in [0.5, 0.6) is 5.75 Å². The number of nitrogens with one attached hydrogen (secondary N) is 1. The van der Waals surface area contributed by atoms with E-state index in [-0.39, 0.29) is 6.10 Å². The molecular weight excluding hydrogens is 371 g/mol. The van der Waals surface area contributed by atoms with Gasteiger partial charge in [-0.3, -0.25) is 4.90 Å². The molecule has 2 aromatic rings. The molecule has 0 saturated carbocycles. The van der Waals surface area contributed by atoms with Crippen LogP contribution in [0.15, 0.2) is 35.3 Å². The molecule has 4 rings (SSSR count). The first-order chi connectivity index (χ1) is 13.0. The maximum Gasteiger partial charge on any atom is 0.411 e. The number of fused-ring (bicyclic) bond motifs is 1. The van der Waals surface area contributed by atoms with Gasteiger partial charge < -0.3 is 19.9 Å². The second kappa shape index (κ2) is 7.21. The number of thiophene rings is 1. The Morgan fingerprint density at radius 1 is 1.44 bits per heavy atom. The van der Waals surface area contributed by atoms with Crippen molar-refractivity contribution in [3.63, 3.8) is 0 Å². The van der Waals surface area contributed by atoms with Gasteiger partial charge in [0.1, 0.15) is 17.7 Å². The molecule has 1 aromatic carbocycles. The van der Waals surface area contributed by atoms with Gasteiger partial charge in [-0.2, -0.15) is 0 Å². The lowest BCUT2D eigenvalue weighted by Gasteiger charge is -2.29. The van der Waals surface area contributed by atoms with Crippen LogP contribution in [-0.4, -0.2) is 35.4 Å². The zero-order valence-corrected chi connectivity index (χ0v) is 15.5. The van der Waals surface area contributed by atoms with Crippen LogP contribution < -0.4 is 10.1 Å². The number of allylic oxidation sites excluding steroid dienone is 1.